The number of aromatic amines is 1. The van der Waals surface area contributed by atoms with Crippen LogP contribution in [-0.2, 0) is 16.6 Å². The number of nitrogens with one attached hydrogen (secondary N) is 1. The Labute approximate surface area is 245 Å². The van der Waals surface area contributed by atoms with Crippen molar-refractivity contribution in [3.05, 3.63) is 46.5 Å². The Kier molecular flexibility index (Phi) is 12.2. The Hall–Kier alpha value is -0.890. The number of piperidine rings is 1. The van der Waals surface area contributed by atoms with Crippen molar-refractivity contribution in [2.24, 2.45) is 11.8 Å². The van der Waals surface area contributed by atoms with Crippen LogP contribution < -0.4 is 52.8 Å². The third-order valence-corrected chi connectivity index (χ3v) is 10.6. The van der Waals surface area contributed by atoms with Crippen molar-refractivity contribution in [3.8, 4) is 0 Å². The molecule has 0 bridgehead atoms. The molecule has 0 saturated carbocycles. The minimum atomic E-state index is 0. The van der Waals surface area contributed by atoms with E-state index >= 15 is 0 Å². The van der Waals surface area contributed by atoms with Gasteiger partial charge < -0.3 is 47.4 Å². The topological polar surface area (TPSA) is 67.7 Å². The number of nitrogens with zero attached hydrogens (tertiary/aromatic N) is 1. The molecule has 5 N–H and O–H groups in total. The SMILES string of the molecule is CCC(CC)[C@@H]1C[C@H](c2ccccc2)CCN1C(=O)[C@@H]1C[NH2+]C[C@]12CCCc1[nH+]c([NH2+]C)sc12.[Cl-].[Cl-].[Cl-]. The zero-order valence-corrected chi connectivity index (χ0v) is 25.4. The number of nitrogens with two attached hydrogens (primary N) is 2. The Morgan fingerprint density at radius 2 is 1.95 bits per heavy atom. The lowest BCUT2D eigenvalue weighted by atomic mass is 9.68. The number of quaternary nitrogens is 2. The number of fused-ring (bicyclic) bond motifs is 2. The van der Waals surface area contributed by atoms with Crippen molar-refractivity contribution < 1.29 is 57.6 Å². The summed E-state index contributed by atoms with van der Waals surface area (Å²) in [5, 5.41) is 5.86. The Morgan fingerprint density at radius 3 is 2.62 bits per heavy atom. The van der Waals surface area contributed by atoms with E-state index in [1.54, 1.807) is 0 Å². The van der Waals surface area contributed by atoms with Crippen LogP contribution in [0.15, 0.2) is 30.3 Å². The van der Waals surface area contributed by atoms with E-state index in [1.165, 1.54) is 27.7 Å². The monoisotopic (exact) mass is 588 g/mol. The fourth-order valence-corrected chi connectivity index (χ4v) is 8.64. The van der Waals surface area contributed by atoms with Gasteiger partial charge in [0, 0.05) is 19.0 Å². The lowest BCUT2D eigenvalue weighted by molar-refractivity contribution is -0.640. The van der Waals surface area contributed by atoms with E-state index in [-0.39, 0.29) is 48.6 Å². The molecule has 3 aliphatic rings. The summed E-state index contributed by atoms with van der Waals surface area (Å²) in [6, 6.07) is 11.4. The van der Waals surface area contributed by atoms with Gasteiger partial charge in [-0.25, -0.2) is 0 Å². The number of benzene rings is 1. The lowest BCUT2D eigenvalue weighted by Gasteiger charge is -2.45. The summed E-state index contributed by atoms with van der Waals surface area (Å²) in [4.78, 5) is 22.0. The van der Waals surface area contributed by atoms with Crippen molar-refractivity contribution in [3.63, 3.8) is 0 Å². The van der Waals surface area contributed by atoms with Crippen LogP contribution in [0.1, 0.15) is 74.4 Å². The number of hydrogen-bond donors (Lipinski definition) is 2. The number of carbonyl (C=O) groups excluding carboxylic acids is 1. The number of aromatic nitrogens is 1. The van der Waals surface area contributed by atoms with Crippen LogP contribution in [0.4, 0.5) is 5.13 Å². The van der Waals surface area contributed by atoms with Gasteiger partial charge in [0.15, 0.2) is 5.69 Å². The molecule has 4 atom stereocenters. The molecule has 5 rings (SSSR count). The molecule has 1 amide bonds. The molecule has 5 nitrogen and oxygen atoms in total. The summed E-state index contributed by atoms with van der Waals surface area (Å²) in [6.45, 7) is 7.53. The maximum absolute atomic E-state index is 14.4. The van der Waals surface area contributed by atoms with Gasteiger partial charge in [0.25, 0.3) is 0 Å². The number of H-pyrrole nitrogens is 1. The number of rotatable bonds is 6. The molecule has 0 radical (unpaired) electrons. The highest BCUT2D eigenvalue weighted by atomic mass is 35.5. The van der Waals surface area contributed by atoms with E-state index in [0.29, 0.717) is 23.8 Å². The highest BCUT2D eigenvalue weighted by Gasteiger charge is 2.58. The molecule has 1 aromatic heterocycles. The molecule has 2 aromatic rings. The third kappa shape index (κ3) is 6.00. The number of halogens is 3. The number of likely N-dealkylation sites (tertiary alicyclic amines) is 1. The smallest absolute Gasteiger partial charge is 0.425 e. The summed E-state index contributed by atoms with van der Waals surface area (Å²) in [5.74, 6) is 1.69. The molecule has 37 heavy (non-hydrogen) atoms. The average molecular weight is 590 g/mol. The standard InChI is InChI=1S/C28H40N4OS.3ClH/c1-4-19(5-2)24-16-21(20-10-7-6-8-11-20)13-15-32(24)26(33)22-17-30-18-28(22)14-9-12-23-25(28)34-27(29-3)31-23;;;/h6-8,10-11,19,21-22,24,30H,4-5,9,12-18H2,1-3H3,(H,29,31);3*1H/t21-,22+,24+,28-;;;/m1.../s1. The molecule has 208 valence electrons. The van der Waals surface area contributed by atoms with E-state index in [4.69, 9.17) is 0 Å². The fourth-order valence-electron chi connectivity index (χ4n) is 7.32. The third-order valence-electron chi connectivity index (χ3n) is 9.19. The van der Waals surface area contributed by atoms with Gasteiger partial charge in [0.1, 0.15) is 5.92 Å². The molecule has 1 spiro atoms. The first-order valence-corrected chi connectivity index (χ1v) is 14.4. The van der Waals surface area contributed by atoms with Crippen molar-refractivity contribution in [2.75, 3.05) is 26.7 Å². The van der Waals surface area contributed by atoms with Crippen LogP contribution in [0.25, 0.3) is 0 Å². The quantitative estimate of drug-likeness (QED) is 0.346. The van der Waals surface area contributed by atoms with Crippen LogP contribution in [0.3, 0.4) is 0 Å². The van der Waals surface area contributed by atoms with E-state index in [9.17, 15) is 4.79 Å². The Morgan fingerprint density at radius 1 is 1.22 bits per heavy atom. The zero-order chi connectivity index (χ0) is 23.7. The lowest BCUT2D eigenvalue weighted by Crippen LogP contribution is -3.00. The number of aryl methyl sites for hydroxylation is 1. The van der Waals surface area contributed by atoms with Gasteiger partial charge in [0.2, 0.25) is 5.91 Å². The molecule has 2 fully saturated rings. The van der Waals surface area contributed by atoms with Crippen LogP contribution in [-0.4, -0.2) is 43.5 Å². The Bertz CT molecular complexity index is 1000. The second-order valence-electron chi connectivity index (χ2n) is 10.8. The summed E-state index contributed by atoms with van der Waals surface area (Å²) in [6.07, 6.45) is 7.96. The predicted molar refractivity (Wildman–Crippen MR) is 136 cm³/mol. The molecular formula is C28H43Cl3N4OS. The first kappa shape index (κ1) is 32.3. The number of carbonyl (C=O) groups is 1. The van der Waals surface area contributed by atoms with E-state index in [0.717, 1.165) is 58.2 Å². The summed E-state index contributed by atoms with van der Waals surface area (Å²) >= 11 is 1.91. The maximum Gasteiger partial charge on any atom is 0.425 e. The normalized spacial score (nSPS) is 26.7. The summed E-state index contributed by atoms with van der Waals surface area (Å²) in [7, 11) is 2.11. The minimum absolute atomic E-state index is 0. The van der Waals surface area contributed by atoms with Crippen LogP contribution in [0, 0.1) is 11.8 Å². The first-order valence-electron chi connectivity index (χ1n) is 13.6. The number of thiazole rings is 1. The van der Waals surface area contributed by atoms with E-state index in [2.05, 4.69) is 71.7 Å². The van der Waals surface area contributed by atoms with Gasteiger partial charge in [-0.15, -0.1) is 0 Å². The largest absolute Gasteiger partial charge is 1.00 e. The highest BCUT2D eigenvalue weighted by molar-refractivity contribution is 7.14. The van der Waals surface area contributed by atoms with Crippen molar-refractivity contribution in [2.45, 2.75) is 76.2 Å². The fraction of sp³-hybridized carbons (Fsp3) is 0.643. The van der Waals surface area contributed by atoms with Crippen molar-refractivity contribution in [1.82, 2.24) is 4.90 Å². The van der Waals surface area contributed by atoms with Crippen LogP contribution >= 0.6 is 11.3 Å². The van der Waals surface area contributed by atoms with Crippen LogP contribution in [0.2, 0.25) is 0 Å². The van der Waals surface area contributed by atoms with Crippen molar-refractivity contribution in [1.29, 1.82) is 0 Å². The van der Waals surface area contributed by atoms with Gasteiger partial charge in [-0.3, -0.25) is 10.1 Å². The molecule has 2 aliphatic heterocycles. The molecule has 9 heteroatoms. The molecular weight excluding hydrogens is 547 g/mol. The molecule has 1 aliphatic carbocycles. The van der Waals surface area contributed by atoms with Gasteiger partial charge >= 0.3 is 5.13 Å². The zero-order valence-electron chi connectivity index (χ0n) is 22.3. The predicted octanol–water partition coefficient (Wildman–Crippen LogP) is -6.62. The molecule has 1 aromatic carbocycles. The second kappa shape index (κ2) is 14.0. The molecule has 2 saturated heterocycles. The van der Waals surface area contributed by atoms with Gasteiger partial charge in [-0.1, -0.05) is 57.0 Å². The number of amides is 1. The second-order valence-corrected chi connectivity index (χ2v) is 11.8. The summed E-state index contributed by atoms with van der Waals surface area (Å²) < 4.78 is 0. The summed E-state index contributed by atoms with van der Waals surface area (Å²) in [5.41, 5.74) is 2.87. The van der Waals surface area contributed by atoms with E-state index in [1.807, 2.05) is 11.3 Å². The van der Waals surface area contributed by atoms with Gasteiger partial charge in [-0.05, 0) is 54.4 Å². The minimum Gasteiger partial charge on any atom is -1.00 e. The van der Waals surface area contributed by atoms with Gasteiger partial charge in [-0.2, -0.15) is 4.98 Å². The van der Waals surface area contributed by atoms with E-state index < -0.39 is 0 Å². The average Bonchev–Trinajstić information content (AvgIpc) is 3.50. The highest BCUT2D eigenvalue weighted by Crippen LogP contribution is 2.47. The number of hydrogen-bond acceptors (Lipinski definition) is 2. The van der Waals surface area contributed by atoms with Crippen molar-refractivity contribution >= 4 is 22.4 Å². The first-order chi connectivity index (χ1) is 16.6. The van der Waals surface area contributed by atoms with Gasteiger partial charge in [0.05, 0.1) is 30.4 Å². The molecule has 3 heterocycles. The molecule has 0 unspecified atom stereocenters. The maximum atomic E-state index is 14.4. The van der Waals surface area contributed by atoms with Crippen LogP contribution in [0.5, 0.6) is 0 Å². The Balaban J connectivity index is 0.00000160.